The topological polar surface area (TPSA) is 0 Å². The van der Waals surface area contributed by atoms with Gasteiger partial charge in [0.05, 0.1) is 4.83 Å². The predicted molar refractivity (Wildman–Crippen MR) is 94.2 cm³/mol. The Bertz CT molecular complexity index is 560. The average molecular weight is 349 g/mol. The van der Waals surface area contributed by atoms with E-state index < -0.39 is 0 Å². The fourth-order valence-corrected chi connectivity index (χ4v) is 3.51. The second kappa shape index (κ2) is 7.33. The van der Waals surface area contributed by atoms with Crippen molar-refractivity contribution in [2.24, 2.45) is 0 Å². The lowest BCUT2D eigenvalue weighted by Crippen LogP contribution is -1.99. The Morgan fingerprint density at radius 2 is 1.70 bits per heavy atom. The summed E-state index contributed by atoms with van der Waals surface area (Å²) in [7, 11) is 0. The second-order valence-corrected chi connectivity index (χ2v) is 6.67. The standard InChI is InChI=1S/C18H21BrS/c1-4-13-6-7-14(5-2)17(12-13)18(19)15-8-10-16(20-3)11-9-15/h6-12,18H,4-5H2,1-3H3. The van der Waals surface area contributed by atoms with Crippen LogP contribution in [0.2, 0.25) is 0 Å². The number of hydrogen-bond acceptors (Lipinski definition) is 1. The molecule has 20 heavy (non-hydrogen) atoms. The molecule has 1 unspecified atom stereocenters. The van der Waals surface area contributed by atoms with E-state index in [-0.39, 0.29) is 4.83 Å². The smallest absolute Gasteiger partial charge is 0.0647 e. The van der Waals surface area contributed by atoms with Crippen LogP contribution in [0.5, 0.6) is 0 Å². The molecule has 0 N–H and O–H groups in total. The molecule has 0 aliphatic carbocycles. The minimum absolute atomic E-state index is 0.278. The summed E-state index contributed by atoms with van der Waals surface area (Å²) in [4.78, 5) is 1.59. The summed E-state index contributed by atoms with van der Waals surface area (Å²) in [5.41, 5.74) is 5.56. The summed E-state index contributed by atoms with van der Waals surface area (Å²) in [5.74, 6) is 0. The van der Waals surface area contributed by atoms with E-state index in [1.807, 2.05) is 0 Å². The Morgan fingerprint density at radius 3 is 2.25 bits per heavy atom. The third-order valence-corrected chi connectivity index (χ3v) is 5.45. The lowest BCUT2D eigenvalue weighted by molar-refractivity contribution is 1.03. The molecule has 0 saturated heterocycles. The first kappa shape index (κ1) is 15.7. The Balaban J connectivity index is 2.37. The van der Waals surface area contributed by atoms with Crippen LogP contribution in [0.4, 0.5) is 0 Å². The molecule has 0 fully saturated rings. The first-order valence-corrected chi connectivity index (χ1v) is 9.23. The third kappa shape index (κ3) is 3.48. The van der Waals surface area contributed by atoms with Crippen LogP contribution in [0.3, 0.4) is 0 Å². The molecule has 2 rings (SSSR count). The Labute approximate surface area is 135 Å². The molecule has 0 amide bonds. The number of thioether (sulfide) groups is 1. The van der Waals surface area contributed by atoms with Crippen molar-refractivity contribution < 1.29 is 0 Å². The fourth-order valence-electron chi connectivity index (χ4n) is 2.37. The average Bonchev–Trinajstić information content (AvgIpc) is 2.53. The monoisotopic (exact) mass is 348 g/mol. The lowest BCUT2D eigenvalue weighted by Gasteiger charge is -2.16. The van der Waals surface area contributed by atoms with Gasteiger partial charge in [-0.2, -0.15) is 0 Å². The molecular formula is C18H21BrS. The molecule has 0 nitrogen and oxygen atoms in total. The molecule has 1 atom stereocenters. The molecule has 0 saturated carbocycles. The summed E-state index contributed by atoms with van der Waals surface area (Å²) in [6.07, 6.45) is 4.27. The zero-order valence-corrected chi connectivity index (χ0v) is 14.7. The van der Waals surface area contributed by atoms with Crippen molar-refractivity contribution in [3.8, 4) is 0 Å². The van der Waals surface area contributed by atoms with Crippen LogP contribution in [-0.2, 0) is 12.8 Å². The SMILES string of the molecule is CCc1ccc(CC)c(C(Br)c2ccc(SC)cc2)c1. The first-order chi connectivity index (χ1) is 9.69. The molecule has 2 heteroatoms. The van der Waals surface area contributed by atoms with E-state index in [0.717, 1.165) is 12.8 Å². The molecule has 0 spiro atoms. The van der Waals surface area contributed by atoms with Crippen molar-refractivity contribution in [2.75, 3.05) is 6.26 Å². The van der Waals surface area contributed by atoms with E-state index in [0.29, 0.717) is 0 Å². The van der Waals surface area contributed by atoms with Crippen LogP contribution in [0.25, 0.3) is 0 Å². The highest BCUT2D eigenvalue weighted by Crippen LogP contribution is 2.34. The van der Waals surface area contributed by atoms with Gasteiger partial charge in [0.2, 0.25) is 0 Å². The molecule has 0 aromatic heterocycles. The van der Waals surface area contributed by atoms with Gasteiger partial charge in [-0.15, -0.1) is 11.8 Å². The molecule has 2 aromatic carbocycles. The lowest BCUT2D eigenvalue weighted by atomic mass is 9.95. The van der Waals surface area contributed by atoms with Crippen LogP contribution < -0.4 is 0 Å². The fraction of sp³-hybridized carbons (Fsp3) is 0.333. The van der Waals surface area contributed by atoms with Gasteiger partial charge in [0.15, 0.2) is 0 Å². The summed E-state index contributed by atoms with van der Waals surface area (Å²) >= 11 is 5.67. The minimum atomic E-state index is 0.278. The molecule has 0 bridgehead atoms. The predicted octanol–water partition coefficient (Wildman–Crippen LogP) is 6.02. The van der Waals surface area contributed by atoms with Crippen LogP contribution in [0, 0.1) is 0 Å². The summed E-state index contributed by atoms with van der Waals surface area (Å²) < 4.78 is 0. The van der Waals surface area contributed by atoms with Gasteiger partial charge in [-0.1, -0.05) is 60.1 Å². The van der Waals surface area contributed by atoms with Crippen molar-refractivity contribution in [1.29, 1.82) is 0 Å². The Hall–Kier alpha value is -0.730. The van der Waals surface area contributed by atoms with Gasteiger partial charge in [-0.25, -0.2) is 0 Å². The maximum atomic E-state index is 3.89. The van der Waals surface area contributed by atoms with Crippen LogP contribution in [-0.4, -0.2) is 6.26 Å². The summed E-state index contributed by atoms with van der Waals surface area (Å²) in [6.45, 7) is 4.43. The van der Waals surface area contributed by atoms with Gasteiger partial charge in [-0.05, 0) is 53.5 Å². The summed E-state index contributed by atoms with van der Waals surface area (Å²) in [6, 6.07) is 15.7. The van der Waals surface area contributed by atoms with Crippen LogP contribution >= 0.6 is 27.7 Å². The second-order valence-electron chi connectivity index (χ2n) is 4.88. The number of alkyl halides is 1. The van der Waals surface area contributed by atoms with Gasteiger partial charge in [0, 0.05) is 4.90 Å². The highest BCUT2D eigenvalue weighted by molar-refractivity contribution is 9.09. The molecule has 0 aliphatic heterocycles. The largest absolute Gasteiger partial charge is 0.130 e. The van der Waals surface area contributed by atoms with E-state index in [1.165, 1.54) is 27.1 Å². The molecule has 106 valence electrons. The van der Waals surface area contributed by atoms with Crippen LogP contribution in [0.1, 0.15) is 40.9 Å². The highest BCUT2D eigenvalue weighted by atomic mass is 79.9. The number of rotatable bonds is 5. The van der Waals surface area contributed by atoms with Crippen molar-refractivity contribution in [1.82, 2.24) is 0 Å². The highest BCUT2D eigenvalue weighted by Gasteiger charge is 2.14. The number of halogens is 1. The number of aryl methyl sites for hydroxylation is 2. The third-order valence-electron chi connectivity index (χ3n) is 3.68. The molecule has 2 aromatic rings. The van der Waals surface area contributed by atoms with E-state index in [4.69, 9.17) is 0 Å². The van der Waals surface area contributed by atoms with Crippen molar-refractivity contribution in [3.05, 3.63) is 64.7 Å². The van der Waals surface area contributed by atoms with Gasteiger partial charge in [0.25, 0.3) is 0 Å². The molecule has 0 aliphatic rings. The first-order valence-electron chi connectivity index (χ1n) is 7.09. The van der Waals surface area contributed by atoms with Crippen molar-refractivity contribution in [3.63, 3.8) is 0 Å². The van der Waals surface area contributed by atoms with E-state index in [2.05, 4.69) is 78.5 Å². The molecule has 0 heterocycles. The van der Waals surface area contributed by atoms with Gasteiger partial charge < -0.3 is 0 Å². The van der Waals surface area contributed by atoms with Gasteiger partial charge in [0.1, 0.15) is 0 Å². The van der Waals surface area contributed by atoms with E-state index >= 15 is 0 Å². The molecule has 0 radical (unpaired) electrons. The number of benzene rings is 2. The zero-order chi connectivity index (χ0) is 14.5. The summed E-state index contributed by atoms with van der Waals surface area (Å²) in [5, 5.41) is 0. The quantitative estimate of drug-likeness (QED) is 0.470. The normalized spacial score (nSPS) is 12.4. The van der Waals surface area contributed by atoms with E-state index in [1.54, 1.807) is 11.8 Å². The van der Waals surface area contributed by atoms with E-state index in [9.17, 15) is 0 Å². The molecular weight excluding hydrogens is 328 g/mol. The maximum Gasteiger partial charge on any atom is 0.0647 e. The maximum absolute atomic E-state index is 3.89. The zero-order valence-electron chi connectivity index (χ0n) is 12.3. The van der Waals surface area contributed by atoms with Gasteiger partial charge >= 0.3 is 0 Å². The van der Waals surface area contributed by atoms with Crippen LogP contribution in [0.15, 0.2) is 47.4 Å². The van der Waals surface area contributed by atoms with Crippen molar-refractivity contribution >= 4 is 27.7 Å². The minimum Gasteiger partial charge on any atom is -0.130 e. The van der Waals surface area contributed by atoms with Crippen molar-refractivity contribution in [2.45, 2.75) is 36.4 Å². The Morgan fingerprint density at radius 1 is 1.00 bits per heavy atom. The Kier molecular flexibility index (Phi) is 5.74. The number of hydrogen-bond donors (Lipinski definition) is 0. The van der Waals surface area contributed by atoms with Gasteiger partial charge in [-0.3, -0.25) is 0 Å².